The van der Waals surface area contributed by atoms with Gasteiger partial charge in [0.2, 0.25) is 0 Å². The van der Waals surface area contributed by atoms with Crippen LogP contribution in [0.4, 0.5) is 0 Å². The highest BCUT2D eigenvalue weighted by Crippen LogP contribution is 2.40. The van der Waals surface area contributed by atoms with Crippen LogP contribution in [0.2, 0.25) is 10.0 Å². The quantitative estimate of drug-likeness (QED) is 0.206. The Morgan fingerprint density at radius 1 is 0.800 bits per heavy atom. The number of hydrogen-bond donors (Lipinski definition) is 1. The first-order valence-electron chi connectivity index (χ1n) is 12.9. The van der Waals surface area contributed by atoms with Crippen molar-refractivity contribution in [3.05, 3.63) is 118 Å². The fourth-order valence-corrected chi connectivity index (χ4v) is 5.17. The molecule has 0 saturated carbocycles. The van der Waals surface area contributed by atoms with Gasteiger partial charge >= 0.3 is 0 Å². The van der Waals surface area contributed by atoms with Gasteiger partial charge in [0.1, 0.15) is 28.6 Å². The minimum atomic E-state index is -1.31. The van der Waals surface area contributed by atoms with E-state index in [0.29, 0.717) is 63.7 Å². The van der Waals surface area contributed by atoms with Crippen LogP contribution in [0, 0.1) is 5.92 Å². The predicted octanol–water partition coefficient (Wildman–Crippen LogP) is 8.41. The highest BCUT2D eigenvalue weighted by molar-refractivity contribution is 6.30. The molecule has 2 unspecified atom stereocenters. The van der Waals surface area contributed by atoms with Crippen LogP contribution in [-0.2, 0) is 5.60 Å². The van der Waals surface area contributed by atoms with Crippen molar-refractivity contribution in [2.75, 3.05) is 19.6 Å². The number of Topliss-reactive ketones (excluding diaryl/α,β-unsaturated/α-hetero) is 1. The number of ether oxygens (including phenoxy) is 2. The molecule has 0 radical (unpaired) electrons. The lowest BCUT2D eigenvalue weighted by molar-refractivity contribution is -0.0632. The number of ketones is 1. The topological polar surface area (TPSA) is 59.0 Å². The average molecular weight is 599 g/mol. The first-order valence-corrected chi connectivity index (χ1v) is 13.7. The van der Waals surface area contributed by atoms with Gasteiger partial charge in [0.15, 0.2) is 5.78 Å². The fourth-order valence-electron chi connectivity index (χ4n) is 4.91. The molecule has 0 bridgehead atoms. The summed E-state index contributed by atoms with van der Waals surface area (Å²) in [5.74, 6) is 1.84. The van der Waals surface area contributed by atoms with E-state index in [4.69, 9.17) is 32.7 Å². The molecule has 4 aromatic rings. The summed E-state index contributed by atoms with van der Waals surface area (Å²) in [5.41, 5.74) is -0.0784. The van der Waals surface area contributed by atoms with Crippen molar-refractivity contribution in [3.8, 4) is 23.0 Å². The van der Waals surface area contributed by atoms with Gasteiger partial charge in [-0.15, -0.1) is 12.4 Å². The Morgan fingerprint density at radius 3 is 1.68 bits per heavy atom. The average Bonchev–Trinajstić information content (AvgIpc) is 2.96. The lowest BCUT2D eigenvalue weighted by Gasteiger charge is -2.44. The molecule has 1 saturated heterocycles. The lowest BCUT2D eigenvalue weighted by atomic mass is 9.72. The molecule has 208 valence electrons. The Labute approximate surface area is 250 Å². The zero-order valence-corrected chi connectivity index (χ0v) is 24.3. The third-order valence-corrected chi connectivity index (χ3v) is 7.69. The molecule has 8 heteroatoms. The van der Waals surface area contributed by atoms with Crippen LogP contribution in [0.1, 0.15) is 29.3 Å². The summed E-state index contributed by atoms with van der Waals surface area (Å²) in [6.07, 6.45) is 0.451. The molecule has 1 heterocycles. The largest absolute Gasteiger partial charge is 0.457 e. The summed E-state index contributed by atoms with van der Waals surface area (Å²) >= 11 is 11.9. The summed E-state index contributed by atoms with van der Waals surface area (Å²) in [6.45, 7) is 4.05. The van der Waals surface area contributed by atoms with Crippen LogP contribution in [-0.4, -0.2) is 35.4 Å². The van der Waals surface area contributed by atoms with E-state index in [0.717, 1.165) is 6.54 Å². The first kappa shape index (κ1) is 29.9. The number of aliphatic hydroxyl groups is 1. The van der Waals surface area contributed by atoms with Gasteiger partial charge in [0, 0.05) is 28.7 Å². The van der Waals surface area contributed by atoms with Gasteiger partial charge in [-0.2, -0.15) is 0 Å². The second-order valence-corrected chi connectivity index (χ2v) is 10.5. The summed E-state index contributed by atoms with van der Waals surface area (Å²) in [4.78, 5) is 16.0. The molecule has 0 spiro atoms. The number of piperidine rings is 1. The number of likely N-dealkylation sites (tertiary alicyclic amines) is 1. The van der Waals surface area contributed by atoms with Crippen LogP contribution in [0.5, 0.6) is 23.0 Å². The molecular formula is C32H30Cl3NO4. The monoisotopic (exact) mass is 597 g/mol. The van der Waals surface area contributed by atoms with Crippen molar-refractivity contribution >= 4 is 41.4 Å². The first-order chi connectivity index (χ1) is 18.8. The Bertz CT molecular complexity index is 1410. The second kappa shape index (κ2) is 13.1. The Hall–Kier alpha value is -3.06. The molecule has 2 atom stereocenters. The van der Waals surface area contributed by atoms with Crippen molar-refractivity contribution in [1.82, 2.24) is 4.90 Å². The van der Waals surface area contributed by atoms with Crippen molar-refractivity contribution in [2.45, 2.75) is 18.9 Å². The van der Waals surface area contributed by atoms with Gasteiger partial charge in [-0.25, -0.2) is 0 Å². The predicted molar refractivity (Wildman–Crippen MR) is 162 cm³/mol. The van der Waals surface area contributed by atoms with Gasteiger partial charge in [0.05, 0.1) is 5.92 Å². The fraction of sp³-hybridized carbons (Fsp3) is 0.219. The zero-order chi connectivity index (χ0) is 27.4. The SMILES string of the molecule is CCN1CCC(O)(c2ccc(Oc3ccc(Cl)cc3)cc2)C(C(=O)c2ccc(Oc3ccc(Cl)cc3)cc2)C1.Cl. The van der Waals surface area contributed by atoms with Crippen LogP contribution in [0.25, 0.3) is 0 Å². The molecule has 5 nitrogen and oxygen atoms in total. The van der Waals surface area contributed by atoms with E-state index in [1.807, 2.05) is 24.3 Å². The minimum Gasteiger partial charge on any atom is -0.457 e. The highest BCUT2D eigenvalue weighted by Gasteiger charge is 2.46. The van der Waals surface area contributed by atoms with Crippen molar-refractivity contribution < 1.29 is 19.4 Å². The summed E-state index contributed by atoms with van der Waals surface area (Å²) in [6, 6.07) is 28.6. The van der Waals surface area contributed by atoms with Gasteiger partial charge in [-0.1, -0.05) is 42.3 Å². The number of carbonyl (C=O) groups is 1. The van der Waals surface area contributed by atoms with Crippen LogP contribution >= 0.6 is 35.6 Å². The molecule has 5 rings (SSSR count). The molecule has 1 aliphatic heterocycles. The maximum Gasteiger partial charge on any atom is 0.170 e. The summed E-state index contributed by atoms with van der Waals surface area (Å²) in [7, 11) is 0. The van der Waals surface area contributed by atoms with Gasteiger partial charge in [-0.3, -0.25) is 4.79 Å². The molecular weight excluding hydrogens is 569 g/mol. The van der Waals surface area contributed by atoms with Gasteiger partial charge in [-0.05, 0) is 103 Å². The maximum atomic E-state index is 13.8. The van der Waals surface area contributed by atoms with E-state index < -0.39 is 11.5 Å². The van der Waals surface area contributed by atoms with Crippen molar-refractivity contribution in [2.24, 2.45) is 5.92 Å². The smallest absolute Gasteiger partial charge is 0.170 e. The molecule has 1 fully saturated rings. The summed E-state index contributed by atoms with van der Waals surface area (Å²) < 4.78 is 11.8. The third-order valence-electron chi connectivity index (χ3n) is 7.18. The van der Waals surface area contributed by atoms with Gasteiger partial charge in [0.25, 0.3) is 0 Å². The molecule has 1 aliphatic rings. The van der Waals surface area contributed by atoms with E-state index in [9.17, 15) is 9.90 Å². The number of hydrogen-bond acceptors (Lipinski definition) is 5. The number of halogens is 3. The molecule has 4 aromatic carbocycles. The van der Waals surface area contributed by atoms with E-state index in [-0.39, 0.29) is 18.2 Å². The number of nitrogens with zero attached hydrogens (tertiary/aromatic N) is 1. The standard InChI is InChI=1S/C32H29Cl2NO4.ClH/c1-2-35-20-19-32(37,23-5-13-27(14-6-23)39-29-17-9-25(34)10-18-29)30(21-35)31(36)22-3-11-26(12-4-22)38-28-15-7-24(33)8-16-28;/h3-18,30,37H,2,19-21H2,1H3;1H. The maximum absolute atomic E-state index is 13.8. The third kappa shape index (κ3) is 6.80. The number of rotatable bonds is 8. The Morgan fingerprint density at radius 2 is 1.23 bits per heavy atom. The van der Waals surface area contributed by atoms with Gasteiger partial charge < -0.3 is 19.5 Å². The summed E-state index contributed by atoms with van der Waals surface area (Å²) in [5, 5.41) is 13.3. The van der Waals surface area contributed by atoms with Crippen LogP contribution < -0.4 is 9.47 Å². The molecule has 0 amide bonds. The van der Waals surface area contributed by atoms with E-state index in [1.165, 1.54) is 0 Å². The van der Waals surface area contributed by atoms with Crippen molar-refractivity contribution in [3.63, 3.8) is 0 Å². The van der Waals surface area contributed by atoms with Crippen molar-refractivity contribution in [1.29, 1.82) is 0 Å². The van der Waals surface area contributed by atoms with E-state index >= 15 is 0 Å². The molecule has 40 heavy (non-hydrogen) atoms. The van der Waals surface area contributed by atoms with Crippen LogP contribution in [0.15, 0.2) is 97.1 Å². The Balaban J connectivity index is 0.00000370. The van der Waals surface area contributed by atoms with Crippen LogP contribution in [0.3, 0.4) is 0 Å². The van der Waals surface area contributed by atoms with E-state index in [1.54, 1.807) is 72.8 Å². The van der Waals surface area contributed by atoms with E-state index in [2.05, 4.69) is 11.8 Å². The molecule has 1 N–H and O–H groups in total. The molecule has 0 aliphatic carbocycles. The number of carbonyl (C=O) groups excluding carboxylic acids is 1. The second-order valence-electron chi connectivity index (χ2n) is 9.65. The zero-order valence-electron chi connectivity index (χ0n) is 21.9. The minimum absolute atomic E-state index is 0. The normalized spacial score (nSPS) is 18.9. The highest BCUT2D eigenvalue weighted by atomic mass is 35.5. The number of benzene rings is 4. The molecule has 0 aromatic heterocycles. The Kier molecular flexibility index (Phi) is 9.77. The lowest BCUT2D eigenvalue weighted by Crippen LogP contribution is -2.53.